The lowest BCUT2D eigenvalue weighted by atomic mass is 10.1. The lowest BCUT2D eigenvalue weighted by Gasteiger charge is -2.24. The number of alkyl halides is 3. The number of carbonyl (C=O) groups excluding carboxylic acids is 2. The van der Waals surface area contributed by atoms with Crippen LogP contribution in [-0.4, -0.2) is 40.3 Å². The Morgan fingerprint density at radius 1 is 1.16 bits per heavy atom. The number of amides is 2. The number of aromatic nitrogens is 2. The van der Waals surface area contributed by atoms with E-state index in [0.717, 1.165) is 23.6 Å². The molecule has 1 atom stereocenters. The SMILES string of the molecule is CC(C)(C)OC(=O)N[C@H](CNC(=O)Oc1ncc(Br)s1)Cc1ccc(C(F)(F)F)nc1. The molecule has 0 saturated carbocycles. The first kappa shape index (κ1) is 24.9. The Morgan fingerprint density at radius 3 is 2.39 bits per heavy atom. The minimum Gasteiger partial charge on any atom is -0.444 e. The highest BCUT2D eigenvalue weighted by Crippen LogP contribution is 2.27. The van der Waals surface area contributed by atoms with Crippen molar-refractivity contribution in [2.45, 2.75) is 45.0 Å². The fraction of sp³-hybridized carbons (Fsp3) is 0.444. The number of rotatable bonds is 6. The number of hydrogen-bond acceptors (Lipinski definition) is 7. The Hall–Kier alpha value is -2.41. The highest BCUT2D eigenvalue weighted by Gasteiger charge is 2.32. The average Bonchev–Trinajstić information content (AvgIpc) is 3.02. The summed E-state index contributed by atoms with van der Waals surface area (Å²) in [5.74, 6) is 0. The van der Waals surface area contributed by atoms with Crippen molar-refractivity contribution in [2.75, 3.05) is 6.54 Å². The van der Waals surface area contributed by atoms with E-state index in [1.807, 2.05) is 0 Å². The normalized spacial score (nSPS) is 12.7. The van der Waals surface area contributed by atoms with Crippen LogP contribution in [0.1, 0.15) is 32.0 Å². The maximum atomic E-state index is 12.7. The molecule has 31 heavy (non-hydrogen) atoms. The standard InChI is InChI=1S/C18H20BrF3N4O4S/c1-17(2,3)30-15(28)26-11(6-10-4-5-12(23-7-10)18(20,21)22)8-24-14(27)29-16-25-9-13(19)31-16/h4-5,7,9,11H,6,8H2,1-3H3,(H,24,27)(H,26,28)/t11-/m0/s1. The van der Waals surface area contributed by atoms with E-state index in [1.54, 1.807) is 20.8 Å². The first-order valence-electron chi connectivity index (χ1n) is 8.90. The summed E-state index contributed by atoms with van der Waals surface area (Å²) in [4.78, 5) is 31.4. The van der Waals surface area contributed by atoms with Gasteiger partial charge < -0.3 is 20.1 Å². The van der Waals surface area contributed by atoms with Crippen LogP contribution >= 0.6 is 27.3 Å². The summed E-state index contributed by atoms with van der Waals surface area (Å²) in [6, 6.07) is 1.40. The number of ether oxygens (including phenoxy) is 2. The van der Waals surface area contributed by atoms with Gasteiger partial charge in [0, 0.05) is 12.7 Å². The van der Waals surface area contributed by atoms with Gasteiger partial charge in [-0.1, -0.05) is 17.4 Å². The van der Waals surface area contributed by atoms with Crippen LogP contribution in [0.3, 0.4) is 0 Å². The third-order valence-electron chi connectivity index (χ3n) is 3.45. The Bertz CT molecular complexity index is 900. The van der Waals surface area contributed by atoms with Gasteiger partial charge in [0.15, 0.2) is 0 Å². The molecule has 0 fully saturated rings. The van der Waals surface area contributed by atoms with Crippen molar-refractivity contribution in [2.24, 2.45) is 0 Å². The van der Waals surface area contributed by atoms with E-state index in [9.17, 15) is 22.8 Å². The summed E-state index contributed by atoms with van der Waals surface area (Å²) >= 11 is 4.30. The molecule has 0 aromatic carbocycles. The highest BCUT2D eigenvalue weighted by molar-refractivity contribution is 9.11. The quantitative estimate of drug-likeness (QED) is 0.574. The number of alkyl carbamates (subject to hydrolysis) is 1. The fourth-order valence-corrected chi connectivity index (χ4v) is 3.27. The average molecular weight is 525 g/mol. The third kappa shape index (κ3) is 9.09. The molecule has 170 valence electrons. The van der Waals surface area contributed by atoms with Gasteiger partial charge in [0.25, 0.3) is 5.19 Å². The maximum Gasteiger partial charge on any atom is 0.433 e. The topological polar surface area (TPSA) is 102 Å². The van der Waals surface area contributed by atoms with Crippen LogP contribution in [0.5, 0.6) is 5.19 Å². The summed E-state index contributed by atoms with van der Waals surface area (Å²) in [5.41, 5.74) is -1.35. The van der Waals surface area contributed by atoms with Crippen molar-refractivity contribution in [3.63, 3.8) is 0 Å². The zero-order valence-corrected chi connectivity index (χ0v) is 19.2. The number of nitrogens with zero attached hydrogens (tertiary/aromatic N) is 2. The molecule has 0 aliphatic heterocycles. The minimum atomic E-state index is -4.55. The molecule has 2 heterocycles. The Kier molecular flexibility index (Phi) is 8.23. The van der Waals surface area contributed by atoms with E-state index in [0.29, 0.717) is 9.35 Å². The molecular formula is C18H20BrF3N4O4S. The van der Waals surface area contributed by atoms with Gasteiger partial charge in [-0.05, 0) is 54.8 Å². The molecule has 2 aromatic rings. The molecular weight excluding hydrogens is 505 g/mol. The van der Waals surface area contributed by atoms with Crippen LogP contribution in [0.2, 0.25) is 0 Å². The van der Waals surface area contributed by atoms with Crippen molar-refractivity contribution >= 4 is 39.5 Å². The number of thiazole rings is 1. The second-order valence-electron chi connectivity index (χ2n) is 7.30. The largest absolute Gasteiger partial charge is 0.444 e. The first-order valence-corrected chi connectivity index (χ1v) is 10.5. The number of pyridine rings is 1. The van der Waals surface area contributed by atoms with Gasteiger partial charge >= 0.3 is 18.4 Å². The van der Waals surface area contributed by atoms with Gasteiger partial charge in [0.2, 0.25) is 0 Å². The number of nitrogens with one attached hydrogen (secondary N) is 2. The van der Waals surface area contributed by atoms with Gasteiger partial charge in [-0.3, -0.25) is 4.98 Å². The molecule has 0 spiro atoms. The van der Waals surface area contributed by atoms with Crippen molar-refractivity contribution in [1.29, 1.82) is 0 Å². The molecule has 2 amide bonds. The summed E-state index contributed by atoms with van der Waals surface area (Å²) in [5, 5.41) is 5.19. The Balaban J connectivity index is 2.03. The molecule has 13 heteroatoms. The summed E-state index contributed by atoms with van der Waals surface area (Å²) in [7, 11) is 0. The van der Waals surface area contributed by atoms with Crippen molar-refractivity contribution < 1.29 is 32.2 Å². The fourth-order valence-electron chi connectivity index (χ4n) is 2.25. The minimum absolute atomic E-state index is 0.0777. The number of halogens is 4. The van der Waals surface area contributed by atoms with E-state index < -0.39 is 35.7 Å². The van der Waals surface area contributed by atoms with Crippen LogP contribution in [0.15, 0.2) is 28.3 Å². The molecule has 2 aromatic heterocycles. The van der Waals surface area contributed by atoms with E-state index >= 15 is 0 Å². The van der Waals surface area contributed by atoms with Gasteiger partial charge in [-0.25, -0.2) is 14.6 Å². The molecule has 0 unspecified atom stereocenters. The zero-order valence-electron chi connectivity index (χ0n) is 16.7. The van der Waals surface area contributed by atoms with E-state index in [2.05, 4.69) is 36.5 Å². The van der Waals surface area contributed by atoms with Crippen LogP contribution < -0.4 is 15.4 Å². The smallest absolute Gasteiger partial charge is 0.433 e. The molecule has 0 saturated heterocycles. The van der Waals surface area contributed by atoms with Crippen LogP contribution in [0.25, 0.3) is 0 Å². The monoisotopic (exact) mass is 524 g/mol. The molecule has 8 nitrogen and oxygen atoms in total. The second kappa shape index (κ2) is 10.3. The Morgan fingerprint density at radius 2 is 1.87 bits per heavy atom. The Labute approximate surface area is 188 Å². The number of carbonyl (C=O) groups is 2. The van der Waals surface area contributed by atoms with Gasteiger partial charge in [-0.2, -0.15) is 13.2 Å². The molecule has 0 bridgehead atoms. The van der Waals surface area contributed by atoms with Crippen LogP contribution in [0, 0.1) is 0 Å². The van der Waals surface area contributed by atoms with Gasteiger partial charge in [0.1, 0.15) is 11.3 Å². The third-order valence-corrected chi connectivity index (χ3v) is 4.80. The lowest BCUT2D eigenvalue weighted by molar-refractivity contribution is -0.141. The molecule has 0 aliphatic rings. The number of hydrogen-bond donors (Lipinski definition) is 2. The van der Waals surface area contributed by atoms with E-state index in [4.69, 9.17) is 9.47 Å². The lowest BCUT2D eigenvalue weighted by Crippen LogP contribution is -2.47. The van der Waals surface area contributed by atoms with Gasteiger partial charge in [-0.15, -0.1) is 0 Å². The molecule has 0 radical (unpaired) electrons. The maximum absolute atomic E-state index is 12.7. The van der Waals surface area contributed by atoms with E-state index in [-0.39, 0.29) is 18.2 Å². The van der Waals surface area contributed by atoms with Crippen LogP contribution in [0.4, 0.5) is 22.8 Å². The highest BCUT2D eigenvalue weighted by atomic mass is 79.9. The molecule has 2 rings (SSSR count). The molecule has 0 aliphatic carbocycles. The summed E-state index contributed by atoms with van der Waals surface area (Å²) in [6.07, 6.45) is -3.47. The zero-order chi connectivity index (χ0) is 23.2. The van der Waals surface area contributed by atoms with E-state index in [1.165, 1.54) is 12.3 Å². The van der Waals surface area contributed by atoms with Crippen LogP contribution in [-0.2, 0) is 17.3 Å². The van der Waals surface area contributed by atoms with Crippen molar-refractivity contribution in [3.05, 3.63) is 39.6 Å². The summed E-state index contributed by atoms with van der Waals surface area (Å²) < 4.78 is 49.0. The second-order valence-corrected chi connectivity index (χ2v) is 9.67. The summed E-state index contributed by atoms with van der Waals surface area (Å²) in [6.45, 7) is 4.97. The molecule has 2 N–H and O–H groups in total. The first-order chi connectivity index (χ1) is 14.3. The predicted octanol–water partition coefficient (Wildman–Crippen LogP) is 4.54. The predicted molar refractivity (Wildman–Crippen MR) is 110 cm³/mol. The van der Waals surface area contributed by atoms with Gasteiger partial charge in [0.05, 0.1) is 16.0 Å². The van der Waals surface area contributed by atoms with Crippen molar-refractivity contribution in [3.8, 4) is 5.19 Å². The van der Waals surface area contributed by atoms with Crippen molar-refractivity contribution in [1.82, 2.24) is 20.6 Å².